The number of nitrogens with one attached hydrogen (secondary N) is 1. The van der Waals surface area contributed by atoms with E-state index in [0.717, 1.165) is 50.6 Å². The van der Waals surface area contributed by atoms with E-state index in [4.69, 9.17) is 0 Å². The molecule has 140 valence electrons. The predicted molar refractivity (Wildman–Crippen MR) is 103 cm³/mol. The average molecular weight is 355 g/mol. The van der Waals surface area contributed by atoms with Crippen LogP contribution in [0.4, 0.5) is 11.4 Å². The summed E-state index contributed by atoms with van der Waals surface area (Å²) in [5.74, 6) is 0.716. The van der Waals surface area contributed by atoms with Gasteiger partial charge in [0.2, 0.25) is 11.8 Å². The van der Waals surface area contributed by atoms with Crippen molar-refractivity contribution in [3.8, 4) is 0 Å². The Labute approximate surface area is 155 Å². The van der Waals surface area contributed by atoms with E-state index in [0.29, 0.717) is 12.8 Å². The lowest BCUT2D eigenvalue weighted by molar-refractivity contribution is -0.141. The molecule has 5 nitrogen and oxygen atoms in total. The van der Waals surface area contributed by atoms with Gasteiger partial charge in [-0.2, -0.15) is 0 Å². The van der Waals surface area contributed by atoms with Gasteiger partial charge in [-0.15, -0.1) is 0 Å². The average Bonchev–Trinajstić information content (AvgIpc) is 3.29. The Morgan fingerprint density at radius 1 is 1.00 bits per heavy atom. The Bertz CT molecular complexity index is 667. The van der Waals surface area contributed by atoms with E-state index in [-0.39, 0.29) is 11.8 Å². The van der Waals surface area contributed by atoms with E-state index >= 15 is 0 Å². The van der Waals surface area contributed by atoms with Gasteiger partial charge in [0.15, 0.2) is 0 Å². The molecule has 26 heavy (non-hydrogen) atoms. The van der Waals surface area contributed by atoms with Gasteiger partial charge in [0, 0.05) is 37.6 Å². The minimum absolute atomic E-state index is 0.0338. The van der Waals surface area contributed by atoms with Gasteiger partial charge in [-0.3, -0.25) is 9.59 Å². The van der Waals surface area contributed by atoms with Gasteiger partial charge in [-0.05, 0) is 68.7 Å². The number of piperidine rings is 1. The van der Waals surface area contributed by atoms with Crippen LogP contribution in [0.25, 0.3) is 0 Å². The molecule has 4 rings (SSSR count). The third kappa shape index (κ3) is 3.31. The van der Waals surface area contributed by atoms with Crippen LogP contribution in [0.1, 0.15) is 45.4 Å². The maximum absolute atomic E-state index is 12.7. The smallest absolute Gasteiger partial charge is 0.240 e. The SMILES string of the molecule is CC1CCN(c2ccc(NC(=O)C3(C(=O)N4CCCC4)CC3)cc2)CC1. The van der Waals surface area contributed by atoms with Crippen molar-refractivity contribution in [3.63, 3.8) is 0 Å². The number of carbonyl (C=O) groups excluding carboxylic acids is 2. The van der Waals surface area contributed by atoms with Crippen molar-refractivity contribution in [1.29, 1.82) is 0 Å². The van der Waals surface area contributed by atoms with Crippen molar-refractivity contribution >= 4 is 23.2 Å². The largest absolute Gasteiger partial charge is 0.372 e. The second-order valence-corrected chi connectivity index (χ2v) is 8.25. The Morgan fingerprint density at radius 2 is 1.62 bits per heavy atom. The molecule has 2 saturated heterocycles. The molecule has 3 aliphatic rings. The highest BCUT2D eigenvalue weighted by Crippen LogP contribution is 2.48. The molecule has 5 heteroatoms. The molecule has 2 amide bonds. The van der Waals surface area contributed by atoms with Gasteiger partial charge in [-0.25, -0.2) is 0 Å². The quantitative estimate of drug-likeness (QED) is 0.844. The van der Waals surface area contributed by atoms with Gasteiger partial charge in [0.25, 0.3) is 0 Å². The van der Waals surface area contributed by atoms with Crippen molar-refractivity contribution in [1.82, 2.24) is 4.90 Å². The van der Waals surface area contributed by atoms with Crippen molar-refractivity contribution in [2.24, 2.45) is 11.3 Å². The maximum Gasteiger partial charge on any atom is 0.240 e. The number of benzene rings is 1. The lowest BCUT2D eigenvalue weighted by Gasteiger charge is -2.32. The summed E-state index contributed by atoms with van der Waals surface area (Å²) in [6, 6.07) is 8.07. The van der Waals surface area contributed by atoms with E-state index in [1.54, 1.807) is 0 Å². The molecule has 1 aromatic rings. The van der Waals surface area contributed by atoms with Gasteiger partial charge >= 0.3 is 0 Å². The van der Waals surface area contributed by atoms with E-state index in [2.05, 4.69) is 29.3 Å². The minimum Gasteiger partial charge on any atom is -0.372 e. The number of anilines is 2. The molecule has 1 N–H and O–H groups in total. The summed E-state index contributed by atoms with van der Waals surface area (Å²) in [4.78, 5) is 29.7. The number of nitrogens with zero attached hydrogens (tertiary/aromatic N) is 2. The molecule has 0 unspecified atom stereocenters. The zero-order valence-corrected chi connectivity index (χ0v) is 15.7. The highest BCUT2D eigenvalue weighted by Gasteiger charge is 2.58. The molecule has 2 heterocycles. The maximum atomic E-state index is 12.7. The monoisotopic (exact) mass is 355 g/mol. The highest BCUT2D eigenvalue weighted by atomic mass is 16.2. The van der Waals surface area contributed by atoms with E-state index in [1.807, 2.05) is 17.0 Å². The van der Waals surface area contributed by atoms with Crippen molar-refractivity contribution in [3.05, 3.63) is 24.3 Å². The molecular weight excluding hydrogens is 326 g/mol. The van der Waals surface area contributed by atoms with Crippen molar-refractivity contribution in [2.45, 2.75) is 45.4 Å². The summed E-state index contributed by atoms with van der Waals surface area (Å²) < 4.78 is 0. The standard InChI is InChI=1S/C21H29N3O2/c1-16-8-14-23(15-9-16)18-6-4-17(5-7-18)22-19(25)21(10-11-21)20(26)24-12-2-3-13-24/h4-7,16H,2-3,8-15H2,1H3,(H,22,25). The van der Waals surface area contributed by atoms with Crippen LogP contribution in [0.3, 0.4) is 0 Å². The second-order valence-electron chi connectivity index (χ2n) is 8.25. The topological polar surface area (TPSA) is 52.7 Å². The van der Waals surface area contributed by atoms with Crippen LogP contribution < -0.4 is 10.2 Å². The van der Waals surface area contributed by atoms with Gasteiger partial charge in [0.05, 0.1) is 0 Å². The Kier molecular flexibility index (Phi) is 4.63. The molecule has 1 saturated carbocycles. The molecule has 2 aliphatic heterocycles. The minimum atomic E-state index is -0.800. The molecule has 0 bridgehead atoms. The Hall–Kier alpha value is -2.04. The van der Waals surface area contributed by atoms with Crippen LogP contribution in [0.5, 0.6) is 0 Å². The third-order valence-corrected chi connectivity index (χ3v) is 6.26. The molecular formula is C21H29N3O2. The Morgan fingerprint density at radius 3 is 2.19 bits per heavy atom. The summed E-state index contributed by atoms with van der Waals surface area (Å²) in [5.41, 5.74) is 1.19. The number of hydrogen-bond donors (Lipinski definition) is 1. The number of amides is 2. The highest BCUT2D eigenvalue weighted by molar-refractivity contribution is 6.13. The van der Waals surface area contributed by atoms with Gasteiger partial charge < -0.3 is 15.1 Å². The molecule has 0 spiro atoms. The summed E-state index contributed by atoms with van der Waals surface area (Å²) in [5, 5.41) is 2.98. The summed E-state index contributed by atoms with van der Waals surface area (Å²) in [6.45, 7) is 6.11. The predicted octanol–water partition coefficient (Wildman–Crippen LogP) is 3.26. The van der Waals surface area contributed by atoms with Crippen LogP contribution in [-0.2, 0) is 9.59 Å². The number of likely N-dealkylation sites (tertiary alicyclic amines) is 1. The van der Waals surface area contributed by atoms with E-state index in [9.17, 15) is 9.59 Å². The van der Waals surface area contributed by atoms with Crippen molar-refractivity contribution in [2.75, 3.05) is 36.4 Å². The fourth-order valence-corrected chi connectivity index (χ4v) is 4.16. The first-order valence-corrected chi connectivity index (χ1v) is 10.0. The third-order valence-electron chi connectivity index (χ3n) is 6.26. The van der Waals surface area contributed by atoms with Crippen molar-refractivity contribution < 1.29 is 9.59 Å². The lowest BCUT2D eigenvalue weighted by atomic mass is 9.99. The molecule has 0 aromatic heterocycles. The molecule has 1 aromatic carbocycles. The van der Waals surface area contributed by atoms with Crippen LogP contribution in [0.2, 0.25) is 0 Å². The molecule has 0 radical (unpaired) electrons. The van der Waals surface area contributed by atoms with Crippen LogP contribution in [0.15, 0.2) is 24.3 Å². The van der Waals surface area contributed by atoms with Crippen LogP contribution >= 0.6 is 0 Å². The number of carbonyl (C=O) groups is 2. The van der Waals surface area contributed by atoms with E-state index < -0.39 is 5.41 Å². The molecule has 0 atom stereocenters. The van der Waals surface area contributed by atoms with Gasteiger partial charge in [-0.1, -0.05) is 6.92 Å². The number of hydrogen-bond acceptors (Lipinski definition) is 3. The van der Waals surface area contributed by atoms with Crippen LogP contribution in [-0.4, -0.2) is 42.9 Å². The summed E-state index contributed by atoms with van der Waals surface area (Å²) in [7, 11) is 0. The second kappa shape index (κ2) is 6.93. The zero-order valence-electron chi connectivity index (χ0n) is 15.7. The number of rotatable bonds is 4. The normalized spacial score (nSPS) is 22.3. The first-order chi connectivity index (χ1) is 12.6. The van der Waals surface area contributed by atoms with Gasteiger partial charge in [0.1, 0.15) is 5.41 Å². The Balaban J connectivity index is 1.38. The fourth-order valence-electron chi connectivity index (χ4n) is 4.16. The first-order valence-electron chi connectivity index (χ1n) is 10.0. The lowest BCUT2D eigenvalue weighted by Crippen LogP contribution is -2.41. The fraction of sp³-hybridized carbons (Fsp3) is 0.619. The summed E-state index contributed by atoms with van der Waals surface area (Å²) >= 11 is 0. The molecule has 3 fully saturated rings. The summed E-state index contributed by atoms with van der Waals surface area (Å²) in [6.07, 6.45) is 5.94. The van der Waals surface area contributed by atoms with E-state index in [1.165, 1.54) is 18.5 Å². The molecule has 1 aliphatic carbocycles. The first kappa shape index (κ1) is 17.4. The van der Waals surface area contributed by atoms with Crippen LogP contribution in [0, 0.1) is 11.3 Å². The zero-order chi connectivity index (χ0) is 18.1.